The van der Waals surface area contributed by atoms with Gasteiger partial charge < -0.3 is 37.6 Å². The van der Waals surface area contributed by atoms with E-state index in [1.807, 2.05) is 0 Å². The van der Waals surface area contributed by atoms with Gasteiger partial charge in [0.2, 0.25) is 23.6 Å². The molecule has 0 rings (SSSR count). The van der Waals surface area contributed by atoms with Crippen LogP contribution < -0.4 is 27.4 Å². The van der Waals surface area contributed by atoms with Gasteiger partial charge in [0, 0.05) is 6.42 Å². The number of nitrogens with one attached hydrogen (secondary N) is 3. The Labute approximate surface area is 183 Å². The number of thioether (sulfide) groups is 1. The van der Waals surface area contributed by atoms with Crippen LogP contribution in [0.2, 0.25) is 0 Å². The quantitative estimate of drug-likeness (QED) is 0.133. The van der Waals surface area contributed by atoms with E-state index in [4.69, 9.17) is 16.6 Å². The molecule has 9 N–H and O–H groups in total. The maximum Gasteiger partial charge on any atom is 0.326 e. The van der Waals surface area contributed by atoms with Crippen molar-refractivity contribution in [3.8, 4) is 0 Å². The van der Waals surface area contributed by atoms with Crippen molar-refractivity contribution in [2.24, 2.45) is 11.5 Å². The maximum absolute atomic E-state index is 12.5. The van der Waals surface area contributed by atoms with Crippen LogP contribution in [0.1, 0.15) is 32.6 Å². The van der Waals surface area contributed by atoms with Gasteiger partial charge in [-0.15, -0.1) is 0 Å². The van der Waals surface area contributed by atoms with Crippen molar-refractivity contribution in [2.45, 2.75) is 56.8 Å². The number of carboxylic acid groups (broad SMARTS) is 2. The molecule has 0 fully saturated rings. The van der Waals surface area contributed by atoms with Crippen LogP contribution in [0.15, 0.2) is 0 Å². The van der Waals surface area contributed by atoms with Crippen molar-refractivity contribution in [1.82, 2.24) is 16.0 Å². The van der Waals surface area contributed by atoms with E-state index in [0.717, 1.165) is 0 Å². The van der Waals surface area contributed by atoms with Gasteiger partial charge >= 0.3 is 11.9 Å². The number of rotatable bonds is 15. The second-order valence-corrected chi connectivity index (χ2v) is 7.67. The van der Waals surface area contributed by atoms with Crippen molar-refractivity contribution < 1.29 is 39.0 Å². The first-order valence-corrected chi connectivity index (χ1v) is 10.7. The molecule has 0 aromatic carbocycles. The lowest BCUT2D eigenvalue weighted by molar-refractivity contribution is -0.142. The zero-order chi connectivity index (χ0) is 24.1. The molecule has 31 heavy (non-hydrogen) atoms. The van der Waals surface area contributed by atoms with E-state index in [1.54, 1.807) is 6.26 Å². The first-order valence-electron chi connectivity index (χ1n) is 9.27. The number of hydrogen-bond donors (Lipinski definition) is 7. The third-order valence-electron chi connectivity index (χ3n) is 4.02. The van der Waals surface area contributed by atoms with Gasteiger partial charge in [-0.2, -0.15) is 11.8 Å². The van der Waals surface area contributed by atoms with E-state index in [-0.39, 0.29) is 12.8 Å². The minimum Gasteiger partial charge on any atom is -0.481 e. The Bertz CT molecular complexity index is 689. The van der Waals surface area contributed by atoms with Gasteiger partial charge in [-0.3, -0.25) is 24.0 Å². The van der Waals surface area contributed by atoms with E-state index >= 15 is 0 Å². The molecule has 4 atom stereocenters. The second kappa shape index (κ2) is 14.2. The molecule has 0 spiro atoms. The molecule has 176 valence electrons. The van der Waals surface area contributed by atoms with Gasteiger partial charge in [0.15, 0.2) is 0 Å². The lowest BCUT2D eigenvalue weighted by Gasteiger charge is -2.23. The molecule has 0 bridgehead atoms. The smallest absolute Gasteiger partial charge is 0.326 e. The average molecular weight is 464 g/mol. The van der Waals surface area contributed by atoms with Crippen LogP contribution in [-0.2, 0) is 28.8 Å². The van der Waals surface area contributed by atoms with E-state index < -0.39 is 72.6 Å². The lowest BCUT2D eigenvalue weighted by atomic mass is 10.1. The third-order valence-corrected chi connectivity index (χ3v) is 4.66. The van der Waals surface area contributed by atoms with Crippen molar-refractivity contribution in [1.29, 1.82) is 0 Å². The molecule has 0 saturated heterocycles. The van der Waals surface area contributed by atoms with Crippen LogP contribution in [0, 0.1) is 0 Å². The molecule has 0 aliphatic rings. The predicted molar refractivity (Wildman–Crippen MR) is 111 cm³/mol. The Morgan fingerprint density at radius 2 is 1.48 bits per heavy atom. The summed E-state index contributed by atoms with van der Waals surface area (Å²) in [5.41, 5.74) is 10.5. The monoisotopic (exact) mass is 463 g/mol. The first-order chi connectivity index (χ1) is 14.4. The molecule has 0 aliphatic heterocycles. The highest BCUT2D eigenvalue weighted by molar-refractivity contribution is 7.98. The van der Waals surface area contributed by atoms with Gasteiger partial charge in [-0.1, -0.05) is 0 Å². The van der Waals surface area contributed by atoms with Crippen LogP contribution in [0.4, 0.5) is 0 Å². The number of carbonyl (C=O) groups is 6. The predicted octanol–water partition coefficient (Wildman–Crippen LogP) is -2.63. The molecular formula is C17H29N5O8S. The lowest BCUT2D eigenvalue weighted by Crippen LogP contribution is -2.56. The number of carboxylic acids is 2. The second-order valence-electron chi connectivity index (χ2n) is 6.68. The summed E-state index contributed by atoms with van der Waals surface area (Å²) in [4.78, 5) is 69.8. The molecule has 0 aliphatic carbocycles. The Balaban J connectivity index is 5.10. The Morgan fingerprint density at radius 3 is 1.97 bits per heavy atom. The summed E-state index contributed by atoms with van der Waals surface area (Å²) in [6.07, 6.45) is 0.697. The highest BCUT2D eigenvalue weighted by Gasteiger charge is 2.28. The maximum atomic E-state index is 12.5. The number of carbonyl (C=O) groups excluding carboxylic acids is 4. The van der Waals surface area contributed by atoms with Gasteiger partial charge in [-0.05, 0) is 31.8 Å². The van der Waals surface area contributed by atoms with Crippen molar-refractivity contribution in [3.63, 3.8) is 0 Å². The zero-order valence-corrected chi connectivity index (χ0v) is 18.1. The molecular weight excluding hydrogens is 434 g/mol. The molecule has 0 heterocycles. The Hall–Kier alpha value is -2.87. The summed E-state index contributed by atoms with van der Waals surface area (Å²) < 4.78 is 0. The molecule has 0 saturated carbocycles. The van der Waals surface area contributed by atoms with Crippen LogP contribution in [0.3, 0.4) is 0 Å². The van der Waals surface area contributed by atoms with Gasteiger partial charge in [0.1, 0.15) is 18.1 Å². The molecule has 14 heteroatoms. The molecule has 0 aromatic heterocycles. The zero-order valence-electron chi connectivity index (χ0n) is 17.3. The summed E-state index contributed by atoms with van der Waals surface area (Å²) in [5.74, 6) is -5.34. The molecule has 4 amide bonds. The van der Waals surface area contributed by atoms with E-state index in [1.165, 1.54) is 18.7 Å². The van der Waals surface area contributed by atoms with Gasteiger partial charge in [0.05, 0.1) is 12.5 Å². The molecule has 0 aromatic rings. The first kappa shape index (κ1) is 28.1. The summed E-state index contributed by atoms with van der Waals surface area (Å²) >= 11 is 1.41. The highest BCUT2D eigenvalue weighted by atomic mass is 32.2. The van der Waals surface area contributed by atoms with Crippen LogP contribution in [-0.4, -0.2) is 82.0 Å². The van der Waals surface area contributed by atoms with E-state index in [0.29, 0.717) is 5.75 Å². The third kappa shape index (κ3) is 11.8. The molecule has 13 nitrogen and oxygen atoms in total. The summed E-state index contributed by atoms with van der Waals surface area (Å²) in [6.45, 7) is 1.30. The Kier molecular flexibility index (Phi) is 12.9. The van der Waals surface area contributed by atoms with E-state index in [2.05, 4.69) is 16.0 Å². The van der Waals surface area contributed by atoms with Crippen molar-refractivity contribution in [3.05, 3.63) is 0 Å². The number of hydrogen-bond acceptors (Lipinski definition) is 8. The normalized spacial score (nSPS) is 14.4. The van der Waals surface area contributed by atoms with Crippen LogP contribution in [0.25, 0.3) is 0 Å². The average Bonchev–Trinajstić information content (AvgIpc) is 2.66. The van der Waals surface area contributed by atoms with E-state index in [9.17, 15) is 33.9 Å². The topological polar surface area (TPSA) is 231 Å². The number of aliphatic carboxylic acids is 2. The minimum absolute atomic E-state index is 0.179. The largest absolute Gasteiger partial charge is 0.481 e. The number of primary amides is 1. The van der Waals surface area contributed by atoms with Crippen molar-refractivity contribution in [2.75, 3.05) is 12.0 Å². The highest BCUT2D eigenvalue weighted by Crippen LogP contribution is 2.03. The van der Waals surface area contributed by atoms with Crippen molar-refractivity contribution >= 4 is 47.3 Å². The Morgan fingerprint density at radius 1 is 0.903 bits per heavy atom. The minimum atomic E-state index is -1.36. The van der Waals surface area contributed by atoms with Gasteiger partial charge in [0.25, 0.3) is 0 Å². The standard InChI is InChI=1S/C17H29N5O8S/c1-8(14(26)22-11(17(29)30)5-6-31-2)20-16(28)10(3-4-13(24)25)21-15(27)9(18)7-12(19)23/h8-11H,3-7,18H2,1-2H3,(H2,19,23)(H,20,28)(H,21,27)(H,22,26)(H,24,25)(H,29,30). The van der Waals surface area contributed by atoms with Crippen LogP contribution in [0.5, 0.6) is 0 Å². The molecule has 4 unspecified atom stereocenters. The fourth-order valence-corrected chi connectivity index (χ4v) is 2.77. The van der Waals surface area contributed by atoms with Gasteiger partial charge in [-0.25, -0.2) is 4.79 Å². The van der Waals surface area contributed by atoms with Crippen LogP contribution >= 0.6 is 11.8 Å². The fraction of sp³-hybridized carbons (Fsp3) is 0.647. The summed E-state index contributed by atoms with van der Waals surface area (Å²) in [5, 5.41) is 24.9. The number of amides is 4. The number of nitrogens with two attached hydrogens (primary N) is 2. The summed E-state index contributed by atoms with van der Waals surface area (Å²) in [7, 11) is 0. The fourth-order valence-electron chi connectivity index (χ4n) is 2.29. The molecule has 0 radical (unpaired) electrons. The summed E-state index contributed by atoms with van der Waals surface area (Å²) in [6, 6.07) is -5.02. The SMILES string of the molecule is CSCCC(NC(=O)C(C)NC(=O)C(CCC(=O)O)NC(=O)C(N)CC(N)=O)C(=O)O.